The van der Waals surface area contributed by atoms with Crippen LogP contribution in [-0.2, 0) is 19.1 Å². The first kappa shape index (κ1) is 23.5. The van der Waals surface area contributed by atoms with Crippen molar-refractivity contribution < 1.29 is 24.2 Å². The number of ether oxygens (including phenoxy) is 1. The number of fused-ring (bicyclic) bond motifs is 1. The van der Waals surface area contributed by atoms with Crippen molar-refractivity contribution in [2.45, 2.75) is 95.5 Å². The molecule has 2 bridgehead atoms. The summed E-state index contributed by atoms with van der Waals surface area (Å²) in [5, 5.41) is 16.1. The van der Waals surface area contributed by atoms with Crippen LogP contribution >= 0.6 is 0 Å². The average Bonchev–Trinajstić information content (AvgIpc) is 3.26. The van der Waals surface area contributed by atoms with Gasteiger partial charge >= 0.3 is 0 Å². The number of carbonyl (C=O) groups is 3. The van der Waals surface area contributed by atoms with Crippen molar-refractivity contribution >= 4 is 17.7 Å². The van der Waals surface area contributed by atoms with Gasteiger partial charge in [0, 0.05) is 13.1 Å². The molecule has 3 heterocycles. The van der Waals surface area contributed by atoms with Crippen molar-refractivity contribution in [2.75, 3.05) is 13.7 Å². The number of aliphatic hydroxyl groups is 1. The molecule has 0 radical (unpaired) electrons. The zero-order valence-corrected chi connectivity index (χ0v) is 20.0. The van der Waals surface area contributed by atoms with Gasteiger partial charge in [0.15, 0.2) is 0 Å². The number of aliphatic hydroxyl groups excluding tert-OH is 1. The third kappa shape index (κ3) is 3.20. The van der Waals surface area contributed by atoms with E-state index in [9.17, 15) is 19.5 Å². The van der Waals surface area contributed by atoms with Crippen LogP contribution in [0.3, 0.4) is 0 Å². The number of rotatable bonds is 6. The first-order chi connectivity index (χ1) is 15.1. The molecule has 1 saturated carbocycles. The van der Waals surface area contributed by atoms with Crippen LogP contribution < -0.4 is 10.6 Å². The van der Waals surface area contributed by atoms with Gasteiger partial charge in [-0.05, 0) is 38.0 Å². The number of nitrogens with zero attached hydrogens (tertiary/aromatic N) is 1. The molecule has 3 amide bonds. The second kappa shape index (κ2) is 8.28. The maximum atomic E-state index is 13.9. The van der Waals surface area contributed by atoms with E-state index in [0.717, 1.165) is 25.7 Å². The molecule has 4 fully saturated rings. The molecule has 4 aliphatic rings. The zero-order valence-electron chi connectivity index (χ0n) is 20.0. The summed E-state index contributed by atoms with van der Waals surface area (Å²) in [6, 6.07) is -1.27. The van der Waals surface area contributed by atoms with Crippen LogP contribution in [0.1, 0.15) is 66.2 Å². The molecule has 3 saturated heterocycles. The Kier molecular flexibility index (Phi) is 6.07. The van der Waals surface area contributed by atoms with Gasteiger partial charge in [0.05, 0.1) is 30.1 Å². The van der Waals surface area contributed by atoms with Gasteiger partial charge in [-0.25, -0.2) is 0 Å². The van der Waals surface area contributed by atoms with Crippen molar-refractivity contribution in [1.29, 1.82) is 0 Å². The summed E-state index contributed by atoms with van der Waals surface area (Å²) in [4.78, 5) is 42.3. The lowest BCUT2D eigenvalue weighted by atomic mass is 9.62. The summed E-state index contributed by atoms with van der Waals surface area (Å²) < 4.78 is 6.65. The number of hydrogen-bond acceptors (Lipinski definition) is 5. The van der Waals surface area contributed by atoms with Gasteiger partial charge in [0.2, 0.25) is 17.7 Å². The molecule has 3 unspecified atom stereocenters. The summed E-state index contributed by atoms with van der Waals surface area (Å²) >= 11 is 0. The number of amides is 3. The average molecular weight is 450 g/mol. The zero-order chi connectivity index (χ0) is 23.4. The molecule has 180 valence electrons. The van der Waals surface area contributed by atoms with E-state index in [1.165, 1.54) is 6.42 Å². The van der Waals surface area contributed by atoms with Gasteiger partial charge in [0.1, 0.15) is 11.6 Å². The fraction of sp³-hybridized carbons (Fsp3) is 0.875. The Balaban J connectivity index is 1.78. The molecule has 32 heavy (non-hydrogen) atoms. The van der Waals surface area contributed by atoms with E-state index in [-0.39, 0.29) is 42.2 Å². The number of hydrogen-bond donors (Lipinski definition) is 3. The van der Waals surface area contributed by atoms with Crippen LogP contribution in [-0.4, -0.2) is 70.7 Å². The van der Waals surface area contributed by atoms with Gasteiger partial charge < -0.3 is 25.4 Å². The van der Waals surface area contributed by atoms with Crippen LogP contribution in [0.15, 0.2) is 0 Å². The van der Waals surface area contributed by atoms with E-state index in [2.05, 4.69) is 10.6 Å². The molecule has 1 aliphatic carbocycles. The predicted octanol–water partition coefficient (Wildman–Crippen LogP) is 1.21. The summed E-state index contributed by atoms with van der Waals surface area (Å²) in [6.07, 6.45) is 5.77. The predicted molar refractivity (Wildman–Crippen MR) is 118 cm³/mol. The minimum absolute atomic E-state index is 0.0189. The highest BCUT2D eigenvalue weighted by Gasteiger charge is 2.80. The molecule has 0 aromatic rings. The van der Waals surface area contributed by atoms with Gasteiger partial charge in [-0.2, -0.15) is 0 Å². The van der Waals surface area contributed by atoms with Crippen molar-refractivity contribution in [3.05, 3.63) is 0 Å². The lowest BCUT2D eigenvalue weighted by Gasteiger charge is -2.39. The number of nitrogens with one attached hydrogen (secondary N) is 2. The Morgan fingerprint density at radius 2 is 1.88 bits per heavy atom. The highest BCUT2D eigenvalue weighted by atomic mass is 16.5. The third-order valence-electron chi connectivity index (χ3n) is 8.80. The summed E-state index contributed by atoms with van der Waals surface area (Å²) in [5.74, 6) is -2.09. The first-order valence-corrected chi connectivity index (χ1v) is 12.3. The largest absolute Gasteiger partial charge is 0.394 e. The highest BCUT2D eigenvalue weighted by Crippen LogP contribution is 2.65. The molecule has 3 N–H and O–H groups in total. The molecule has 8 heteroatoms. The minimum Gasteiger partial charge on any atom is -0.394 e. The van der Waals surface area contributed by atoms with Crippen molar-refractivity contribution in [1.82, 2.24) is 15.5 Å². The normalized spacial score (nSPS) is 40.0. The number of likely N-dealkylation sites (tertiary alicyclic amines) is 1. The van der Waals surface area contributed by atoms with E-state index in [1.807, 2.05) is 27.7 Å². The second-order valence-corrected chi connectivity index (χ2v) is 10.9. The van der Waals surface area contributed by atoms with Crippen LogP contribution in [0.2, 0.25) is 0 Å². The van der Waals surface area contributed by atoms with Gasteiger partial charge in [-0.15, -0.1) is 0 Å². The molecular weight excluding hydrogens is 410 g/mol. The molecule has 8 nitrogen and oxygen atoms in total. The summed E-state index contributed by atoms with van der Waals surface area (Å²) in [5.41, 5.74) is -1.86. The first-order valence-electron chi connectivity index (χ1n) is 12.3. The van der Waals surface area contributed by atoms with E-state index in [0.29, 0.717) is 6.42 Å². The topological polar surface area (TPSA) is 108 Å². The van der Waals surface area contributed by atoms with Gasteiger partial charge in [0.25, 0.3) is 0 Å². The van der Waals surface area contributed by atoms with Crippen LogP contribution in [0.4, 0.5) is 0 Å². The molecular formula is C24H39N3O5. The maximum Gasteiger partial charge on any atom is 0.246 e. The minimum atomic E-state index is -1.05. The van der Waals surface area contributed by atoms with E-state index in [1.54, 1.807) is 11.9 Å². The van der Waals surface area contributed by atoms with E-state index in [4.69, 9.17) is 4.74 Å². The Labute approximate surface area is 190 Å². The molecule has 7 atom stereocenters. The smallest absolute Gasteiger partial charge is 0.246 e. The highest BCUT2D eigenvalue weighted by molar-refractivity contribution is 5.99. The Morgan fingerprint density at radius 1 is 1.22 bits per heavy atom. The van der Waals surface area contributed by atoms with Crippen LogP contribution in [0, 0.1) is 23.7 Å². The SMILES string of the molecule is CNC(=O)[C@@H]1[C@H]2C(=O)N([C@@H](CO)C(C)C)C(C(=O)NC3CCCCC3)C23CC(C)[C@@]1(C)O3. The molecule has 3 aliphatic heterocycles. The second-order valence-electron chi connectivity index (χ2n) is 10.9. The van der Waals surface area contributed by atoms with Crippen LogP contribution in [0.5, 0.6) is 0 Å². The lowest BCUT2D eigenvalue weighted by molar-refractivity contribution is -0.152. The van der Waals surface area contributed by atoms with Crippen molar-refractivity contribution in [3.63, 3.8) is 0 Å². The molecule has 0 aromatic heterocycles. The maximum absolute atomic E-state index is 13.9. The van der Waals surface area contributed by atoms with Crippen molar-refractivity contribution in [3.8, 4) is 0 Å². The van der Waals surface area contributed by atoms with Gasteiger partial charge in [-0.3, -0.25) is 14.4 Å². The fourth-order valence-electron chi connectivity index (χ4n) is 7.04. The quantitative estimate of drug-likeness (QED) is 0.565. The Bertz CT molecular complexity index is 782. The van der Waals surface area contributed by atoms with E-state index < -0.39 is 35.1 Å². The Hall–Kier alpha value is -1.67. The lowest BCUT2D eigenvalue weighted by Crippen LogP contribution is -2.60. The van der Waals surface area contributed by atoms with E-state index >= 15 is 0 Å². The fourth-order valence-corrected chi connectivity index (χ4v) is 7.04. The van der Waals surface area contributed by atoms with Crippen molar-refractivity contribution in [2.24, 2.45) is 23.7 Å². The molecule has 1 spiro atoms. The summed E-state index contributed by atoms with van der Waals surface area (Å²) in [7, 11) is 1.57. The summed E-state index contributed by atoms with van der Waals surface area (Å²) in [6.45, 7) is 7.58. The Morgan fingerprint density at radius 3 is 2.44 bits per heavy atom. The number of carbonyl (C=O) groups excluding carboxylic acids is 3. The van der Waals surface area contributed by atoms with Gasteiger partial charge in [-0.1, -0.05) is 40.0 Å². The van der Waals surface area contributed by atoms with Crippen LogP contribution in [0.25, 0.3) is 0 Å². The third-order valence-corrected chi connectivity index (χ3v) is 8.80. The standard InChI is InChI=1S/C24H39N3O5/c1-13(2)16(12-28)27-19(21(30)26-15-9-7-6-8-10-15)24-11-14(3)23(4,32-24)17(20(29)25-5)18(24)22(27)31/h13-19,28H,6-12H2,1-5H3,(H,25,29)(H,26,30)/t14?,16-,17-,18-,19?,23+,24?/m0/s1. The molecule has 4 rings (SSSR count). The molecule has 0 aromatic carbocycles. The monoisotopic (exact) mass is 449 g/mol.